The molecule has 1 aliphatic carbocycles. The van der Waals surface area contributed by atoms with E-state index in [1.807, 2.05) is 6.92 Å². The van der Waals surface area contributed by atoms with Gasteiger partial charge in [0, 0.05) is 25.6 Å². The Labute approximate surface area is 125 Å². The maximum atomic E-state index is 11.8. The summed E-state index contributed by atoms with van der Waals surface area (Å²) in [5.41, 5.74) is 0. The van der Waals surface area contributed by atoms with Gasteiger partial charge in [0.15, 0.2) is 0 Å². The van der Waals surface area contributed by atoms with E-state index in [0.717, 1.165) is 44.9 Å². The number of hydrogen-bond acceptors (Lipinski definition) is 2. The van der Waals surface area contributed by atoms with Gasteiger partial charge in [0.1, 0.15) is 0 Å². The molecule has 0 atom stereocenters. The van der Waals surface area contributed by atoms with Crippen molar-refractivity contribution in [1.29, 1.82) is 0 Å². The van der Waals surface area contributed by atoms with Crippen LogP contribution in [0.3, 0.4) is 0 Å². The minimum absolute atomic E-state index is 0.318. The van der Waals surface area contributed by atoms with Crippen LogP contribution in [0, 0.1) is 0 Å². The zero-order valence-electron chi connectivity index (χ0n) is 13.6. The molecule has 0 radical (unpaired) electrons. The largest absolute Gasteiger partial charge is 0.343 e. The number of amides is 1. The van der Waals surface area contributed by atoms with Gasteiger partial charge in [0.2, 0.25) is 5.91 Å². The highest BCUT2D eigenvalue weighted by atomic mass is 16.2. The summed E-state index contributed by atoms with van der Waals surface area (Å²) in [6.07, 6.45) is 12.2. The molecule has 1 saturated carbocycles. The predicted molar refractivity (Wildman–Crippen MR) is 85.9 cm³/mol. The molecule has 118 valence electrons. The third kappa shape index (κ3) is 7.28. The third-order valence-electron chi connectivity index (χ3n) is 4.33. The van der Waals surface area contributed by atoms with Crippen LogP contribution < -0.4 is 5.32 Å². The Balaban J connectivity index is 2.08. The van der Waals surface area contributed by atoms with Crippen molar-refractivity contribution in [1.82, 2.24) is 10.2 Å². The molecule has 0 aromatic rings. The number of unbranched alkanes of at least 4 members (excludes halogenated alkanes) is 2. The maximum Gasteiger partial charge on any atom is 0.222 e. The lowest BCUT2D eigenvalue weighted by atomic mass is 9.95. The lowest BCUT2D eigenvalue weighted by Crippen LogP contribution is -2.34. The molecule has 1 amide bonds. The second-order valence-corrected chi connectivity index (χ2v) is 6.08. The van der Waals surface area contributed by atoms with Crippen LogP contribution in [-0.4, -0.2) is 36.5 Å². The molecule has 0 heterocycles. The number of hydrogen-bond donors (Lipinski definition) is 1. The first kappa shape index (κ1) is 17.5. The van der Waals surface area contributed by atoms with Gasteiger partial charge in [-0.1, -0.05) is 39.5 Å². The predicted octanol–water partition coefficient (Wildman–Crippen LogP) is 3.73. The van der Waals surface area contributed by atoms with E-state index in [0.29, 0.717) is 12.3 Å². The van der Waals surface area contributed by atoms with Crippen molar-refractivity contribution in [2.45, 2.75) is 84.1 Å². The van der Waals surface area contributed by atoms with Gasteiger partial charge in [-0.15, -0.1) is 0 Å². The van der Waals surface area contributed by atoms with Crippen molar-refractivity contribution in [3.05, 3.63) is 0 Å². The normalized spacial score (nSPS) is 16.3. The molecule has 1 aliphatic rings. The Bertz CT molecular complexity index is 249. The molecule has 3 nitrogen and oxygen atoms in total. The van der Waals surface area contributed by atoms with Crippen LogP contribution in [0.25, 0.3) is 0 Å². The lowest BCUT2D eigenvalue weighted by Gasteiger charge is -2.24. The van der Waals surface area contributed by atoms with Crippen molar-refractivity contribution in [2.75, 3.05) is 19.6 Å². The molecule has 0 saturated heterocycles. The first-order valence-electron chi connectivity index (χ1n) is 8.79. The van der Waals surface area contributed by atoms with Gasteiger partial charge in [0.05, 0.1) is 0 Å². The Kier molecular flexibility index (Phi) is 9.73. The van der Waals surface area contributed by atoms with E-state index in [1.165, 1.54) is 38.5 Å². The minimum Gasteiger partial charge on any atom is -0.343 e. The first-order chi connectivity index (χ1) is 9.77. The van der Waals surface area contributed by atoms with E-state index in [2.05, 4.69) is 17.1 Å². The number of carbonyl (C=O) groups excluding carboxylic acids is 1. The minimum atomic E-state index is 0.318. The summed E-state index contributed by atoms with van der Waals surface area (Å²) in [5, 5.41) is 3.68. The summed E-state index contributed by atoms with van der Waals surface area (Å²) in [5.74, 6) is 0.318. The monoisotopic (exact) mass is 282 g/mol. The molecule has 0 unspecified atom stereocenters. The van der Waals surface area contributed by atoms with Crippen molar-refractivity contribution in [3.63, 3.8) is 0 Å². The lowest BCUT2D eigenvalue weighted by molar-refractivity contribution is -0.131. The second kappa shape index (κ2) is 11.1. The van der Waals surface area contributed by atoms with Gasteiger partial charge in [-0.05, 0) is 38.6 Å². The number of carbonyl (C=O) groups is 1. The number of nitrogens with zero attached hydrogens (tertiary/aromatic N) is 1. The Morgan fingerprint density at radius 1 is 1.05 bits per heavy atom. The first-order valence-corrected chi connectivity index (χ1v) is 8.79. The molecule has 0 aliphatic heterocycles. The van der Waals surface area contributed by atoms with Crippen molar-refractivity contribution < 1.29 is 4.79 Å². The molecule has 1 N–H and O–H groups in total. The van der Waals surface area contributed by atoms with Crippen LogP contribution in [0.15, 0.2) is 0 Å². The quantitative estimate of drug-likeness (QED) is 0.619. The van der Waals surface area contributed by atoms with Crippen LogP contribution in [0.2, 0.25) is 0 Å². The Morgan fingerprint density at radius 3 is 2.40 bits per heavy atom. The van der Waals surface area contributed by atoms with E-state index >= 15 is 0 Å². The zero-order valence-corrected chi connectivity index (χ0v) is 13.6. The van der Waals surface area contributed by atoms with E-state index in [-0.39, 0.29) is 0 Å². The molecule has 0 spiro atoms. The summed E-state index contributed by atoms with van der Waals surface area (Å²) < 4.78 is 0. The van der Waals surface area contributed by atoms with Crippen LogP contribution >= 0.6 is 0 Å². The van der Waals surface area contributed by atoms with Gasteiger partial charge in [-0.3, -0.25) is 4.79 Å². The van der Waals surface area contributed by atoms with E-state index < -0.39 is 0 Å². The van der Waals surface area contributed by atoms with Crippen molar-refractivity contribution in [2.24, 2.45) is 0 Å². The zero-order chi connectivity index (χ0) is 14.6. The fourth-order valence-electron chi connectivity index (χ4n) is 2.97. The molecule has 20 heavy (non-hydrogen) atoms. The summed E-state index contributed by atoms with van der Waals surface area (Å²) in [6.45, 7) is 7.15. The smallest absolute Gasteiger partial charge is 0.222 e. The van der Waals surface area contributed by atoms with E-state index in [4.69, 9.17) is 0 Å². The van der Waals surface area contributed by atoms with Crippen LogP contribution in [-0.2, 0) is 4.79 Å². The molecule has 0 aromatic heterocycles. The highest BCUT2D eigenvalue weighted by Gasteiger charge is 2.12. The molecular weight excluding hydrogens is 248 g/mol. The molecule has 1 fully saturated rings. The Hall–Kier alpha value is -0.570. The van der Waals surface area contributed by atoms with Crippen molar-refractivity contribution in [3.8, 4) is 0 Å². The summed E-state index contributed by atoms with van der Waals surface area (Å²) >= 11 is 0. The van der Waals surface area contributed by atoms with Crippen LogP contribution in [0.5, 0.6) is 0 Å². The van der Waals surface area contributed by atoms with Gasteiger partial charge < -0.3 is 10.2 Å². The molecular formula is C17H34N2O. The van der Waals surface area contributed by atoms with Gasteiger partial charge >= 0.3 is 0 Å². The van der Waals surface area contributed by atoms with Gasteiger partial charge in [0.25, 0.3) is 0 Å². The number of rotatable bonds is 10. The standard InChI is InChI=1S/C17H34N2O/c1-3-5-14-19(17(20)4-2)15-10-9-13-18-16-11-7-6-8-12-16/h16,18H,3-15H2,1-2H3. The highest BCUT2D eigenvalue weighted by molar-refractivity contribution is 5.75. The third-order valence-corrected chi connectivity index (χ3v) is 4.33. The van der Waals surface area contributed by atoms with Gasteiger partial charge in [-0.2, -0.15) is 0 Å². The van der Waals surface area contributed by atoms with Crippen LogP contribution in [0.1, 0.15) is 78.1 Å². The average Bonchev–Trinajstić information content (AvgIpc) is 2.50. The number of nitrogens with one attached hydrogen (secondary N) is 1. The van der Waals surface area contributed by atoms with Gasteiger partial charge in [-0.25, -0.2) is 0 Å². The highest BCUT2D eigenvalue weighted by Crippen LogP contribution is 2.17. The van der Waals surface area contributed by atoms with E-state index in [1.54, 1.807) is 0 Å². The fraction of sp³-hybridized carbons (Fsp3) is 0.941. The SMILES string of the molecule is CCCCN(CCCCNC1CCCCC1)C(=O)CC. The summed E-state index contributed by atoms with van der Waals surface area (Å²) in [6, 6.07) is 0.761. The molecule has 0 bridgehead atoms. The topological polar surface area (TPSA) is 32.3 Å². The molecule has 0 aromatic carbocycles. The summed E-state index contributed by atoms with van der Waals surface area (Å²) in [4.78, 5) is 13.9. The van der Waals surface area contributed by atoms with Crippen molar-refractivity contribution >= 4 is 5.91 Å². The fourth-order valence-corrected chi connectivity index (χ4v) is 2.97. The summed E-state index contributed by atoms with van der Waals surface area (Å²) in [7, 11) is 0. The second-order valence-electron chi connectivity index (χ2n) is 6.08. The molecule has 1 rings (SSSR count). The van der Waals surface area contributed by atoms with E-state index in [9.17, 15) is 4.79 Å². The maximum absolute atomic E-state index is 11.8. The van der Waals surface area contributed by atoms with Crippen LogP contribution in [0.4, 0.5) is 0 Å². The Morgan fingerprint density at radius 2 is 1.75 bits per heavy atom. The molecule has 3 heteroatoms. The average molecular weight is 282 g/mol.